The molecular weight excluding hydrogens is 418 g/mol. The fourth-order valence-electron chi connectivity index (χ4n) is 2.96. The van der Waals surface area contributed by atoms with Crippen molar-refractivity contribution in [3.05, 3.63) is 94.5 Å². The molecule has 3 aromatic rings. The molecule has 0 aliphatic carbocycles. The van der Waals surface area contributed by atoms with Crippen molar-refractivity contribution in [2.75, 3.05) is 18.5 Å². The van der Waals surface area contributed by atoms with Crippen molar-refractivity contribution in [1.82, 2.24) is 9.55 Å². The summed E-state index contributed by atoms with van der Waals surface area (Å²) in [7, 11) is 0. The number of amides is 1. The van der Waals surface area contributed by atoms with Gasteiger partial charge in [0.1, 0.15) is 23.2 Å². The monoisotopic (exact) mass is 437 g/mol. The second-order valence-electron chi connectivity index (χ2n) is 6.64. The van der Waals surface area contributed by atoms with Crippen LogP contribution in [0.1, 0.15) is 26.1 Å². The van der Waals surface area contributed by atoms with E-state index in [4.69, 9.17) is 9.47 Å². The number of nitrogens with zero attached hydrogens (tertiary/aromatic N) is 2. The molecule has 0 spiro atoms. The van der Waals surface area contributed by atoms with Crippen molar-refractivity contribution in [1.29, 1.82) is 0 Å². The molecule has 8 nitrogen and oxygen atoms in total. The summed E-state index contributed by atoms with van der Waals surface area (Å²) in [6.07, 6.45) is 1.56. The van der Waals surface area contributed by atoms with E-state index in [1.165, 1.54) is 16.3 Å². The van der Waals surface area contributed by atoms with Crippen molar-refractivity contribution >= 4 is 29.5 Å². The van der Waals surface area contributed by atoms with E-state index in [0.29, 0.717) is 11.1 Å². The number of thioether (sulfide) groups is 1. The molecule has 1 aromatic heterocycles. The highest BCUT2D eigenvalue weighted by Gasteiger charge is 2.29. The van der Waals surface area contributed by atoms with E-state index in [0.717, 1.165) is 0 Å². The predicted molar refractivity (Wildman–Crippen MR) is 116 cm³/mol. The van der Waals surface area contributed by atoms with Crippen LogP contribution in [-0.4, -0.2) is 40.1 Å². The number of hydrogen-bond donors (Lipinski definition) is 1. The second-order valence-corrected chi connectivity index (χ2v) is 7.98. The topological polar surface area (TPSA) is 99.5 Å². The van der Waals surface area contributed by atoms with Gasteiger partial charge in [0, 0.05) is 11.8 Å². The Morgan fingerprint density at radius 2 is 1.74 bits per heavy atom. The van der Waals surface area contributed by atoms with E-state index < -0.39 is 11.7 Å². The summed E-state index contributed by atoms with van der Waals surface area (Å²) in [5.74, 6) is -0.595. The maximum absolute atomic E-state index is 12.4. The molecule has 9 heteroatoms. The quantitative estimate of drug-likeness (QED) is 0.592. The van der Waals surface area contributed by atoms with Crippen molar-refractivity contribution in [3.63, 3.8) is 0 Å². The summed E-state index contributed by atoms with van der Waals surface area (Å²) in [6, 6.07) is 18.9. The number of nitrogens with one attached hydrogen (secondary N) is 1. The molecule has 1 aliphatic heterocycles. The maximum atomic E-state index is 12.4. The number of ether oxygens (including phenoxy) is 2. The Kier molecular flexibility index (Phi) is 6.44. The van der Waals surface area contributed by atoms with Gasteiger partial charge in [0.15, 0.2) is 0 Å². The number of anilines is 1. The van der Waals surface area contributed by atoms with Crippen LogP contribution in [0.5, 0.6) is 0 Å². The SMILES string of the molecule is O=C(Nc1ccn([C@H]2CO[C@@H](COC(=O)c3ccccc3)S2)c(=O)n1)c1ccccc1. The summed E-state index contributed by atoms with van der Waals surface area (Å²) in [4.78, 5) is 40.7. The Balaban J connectivity index is 1.33. The molecule has 0 unspecified atom stereocenters. The summed E-state index contributed by atoms with van der Waals surface area (Å²) in [6.45, 7) is 0.345. The molecule has 158 valence electrons. The highest BCUT2D eigenvalue weighted by molar-refractivity contribution is 8.00. The molecule has 2 aromatic carbocycles. The van der Waals surface area contributed by atoms with Crippen LogP contribution in [0.2, 0.25) is 0 Å². The van der Waals surface area contributed by atoms with Crippen molar-refractivity contribution in [3.8, 4) is 0 Å². The minimum Gasteiger partial charge on any atom is -0.458 e. The van der Waals surface area contributed by atoms with Crippen LogP contribution in [0.25, 0.3) is 0 Å². The molecule has 1 saturated heterocycles. The molecule has 1 N–H and O–H groups in total. The molecule has 0 radical (unpaired) electrons. The zero-order valence-corrected chi connectivity index (χ0v) is 17.2. The standard InChI is InChI=1S/C22H19N3O5S/c26-20(15-7-3-1-4-8-15)23-17-11-12-25(22(28)24-17)18-13-29-19(31-18)14-30-21(27)16-9-5-2-6-10-16/h1-12,18-19H,13-14H2,(H,23,24,26,28)/t18-,19-/m1/s1. The molecule has 1 fully saturated rings. The molecule has 0 saturated carbocycles. The van der Waals surface area contributed by atoms with E-state index in [9.17, 15) is 14.4 Å². The van der Waals surface area contributed by atoms with Gasteiger partial charge in [-0.25, -0.2) is 9.59 Å². The van der Waals surface area contributed by atoms with Crippen molar-refractivity contribution in [2.45, 2.75) is 10.8 Å². The fraction of sp³-hybridized carbons (Fsp3) is 0.182. The Morgan fingerprint density at radius 3 is 2.42 bits per heavy atom. The van der Waals surface area contributed by atoms with Crippen molar-refractivity contribution < 1.29 is 19.1 Å². The van der Waals surface area contributed by atoms with Gasteiger partial charge in [0.05, 0.1) is 12.2 Å². The van der Waals surface area contributed by atoms with Crippen LogP contribution in [0.3, 0.4) is 0 Å². The summed E-state index contributed by atoms with van der Waals surface area (Å²) < 4.78 is 12.4. The lowest BCUT2D eigenvalue weighted by atomic mass is 10.2. The van der Waals surface area contributed by atoms with Gasteiger partial charge in [-0.3, -0.25) is 9.36 Å². The van der Waals surface area contributed by atoms with E-state index in [1.54, 1.807) is 60.8 Å². The molecule has 1 aliphatic rings. The molecule has 0 bridgehead atoms. The van der Waals surface area contributed by atoms with Gasteiger partial charge in [0.25, 0.3) is 5.91 Å². The third-order valence-electron chi connectivity index (χ3n) is 4.51. The van der Waals surface area contributed by atoms with E-state index in [1.807, 2.05) is 12.1 Å². The largest absolute Gasteiger partial charge is 0.458 e. The average molecular weight is 437 g/mol. The smallest absolute Gasteiger partial charge is 0.350 e. The van der Waals surface area contributed by atoms with Gasteiger partial charge < -0.3 is 14.8 Å². The Morgan fingerprint density at radius 1 is 1.06 bits per heavy atom. The number of benzene rings is 2. The highest BCUT2D eigenvalue weighted by atomic mass is 32.2. The minimum atomic E-state index is -0.506. The first-order chi connectivity index (χ1) is 15.1. The second kappa shape index (κ2) is 9.59. The lowest BCUT2D eigenvalue weighted by Gasteiger charge is -2.13. The number of carbonyl (C=O) groups is 2. The molecule has 31 heavy (non-hydrogen) atoms. The highest BCUT2D eigenvalue weighted by Crippen LogP contribution is 2.34. The summed E-state index contributed by atoms with van der Waals surface area (Å²) >= 11 is 1.37. The number of rotatable bonds is 6. The number of hydrogen-bond acceptors (Lipinski definition) is 7. The zero-order chi connectivity index (χ0) is 21.6. The first-order valence-electron chi connectivity index (χ1n) is 9.55. The third-order valence-corrected chi connectivity index (χ3v) is 5.76. The Hall–Kier alpha value is -3.43. The number of esters is 1. The van der Waals surface area contributed by atoms with Crippen LogP contribution >= 0.6 is 11.8 Å². The maximum Gasteiger partial charge on any atom is 0.350 e. The first-order valence-corrected chi connectivity index (χ1v) is 10.5. The lowest BCUT2D eigenvalue weighted by molar-refractivity contribution is 0.0273. The van der Waals surface area contributed by atoms with Crippen molar-refractivity contribution in [2.24, 2.45) is 0 Å². The number of aromatic nitrogens is 2. The zero-order valence-electron chi connectivity index (χ0n) is 16.3. The van der Waals surface area contributed by atoms with E-state index in [2.05, 4.69) is 10.3 Å². The lowest BCUT2D eigenvalue weighted by Crippen LogP contribution is -2.27. The molecule has 2 atom stereocenters. The van der Waals surface area contributed by atoms with Crippen LogP contribution in [0.15, 0.2) is 77.7 Å². The Labute approximate surface area is 182 Å². The van der Waals surface area contributed by atoms with Gasteiger partial charge >= 0.3 is 11.7 Å². The molecule has 1 amide bonds. The molecular formula is C22H19N3O5S. The third kappa shape index (κ3) is 5.19. The van der Waals surface area contributed by atoms with E-state index >= 15 is 0 Å². The summed E-state index contributed by atoms with van der Waals surface area (Å²) in [5, 5.41) is 2.31. The normalized spacial score (nSPS) is 17.8. The average Bonchev–Trinajstić information content (AvgIpc) is 3.27. The van der Waals surface area contributed by atoms with Gasteiger partial charge in [-0.1, -0.05) is 48.2 Å². The summed E-state index contributed by atoms with van der Waals surface area (Å²) in [5.41, 5.74) is 0.0487. The van der Waals surface area contributed by atoms with Gasteiger partial charge in [-0.05, 0) is 30.3 Å². The van der Waals surface area contributed by atoms with E-state index in [-0.39, 0.29) is 35.7 Å². The molecule has 4 rings (SSSR count). The van der Waals surface area contributed by atoms with Gasteiger partial charge in [-0.15, -0.1) is 0 Å². The van der Waals surface area contributed by atoms with Gasteiger partial charge in [0.2, 0.25) is 0 Å². The first kappa shape index (κ1) is 20.8. The number of carbonyl (C=O) groups excluding carboxylic acids is 2. The van der Waals surface area contributed by atoms with Crippen LogP contribution < -0.4 is 11.0 Å². The molecule has 2 heterocycles. The fourth-order valence-corrected chi connectivity index (χ4v) is 4.06. The van der Waals surface area contributed by atoms with Gasteiger partial charge in [-0.2, -0.15) is 4.98 Å². The van der Waals surface area contributed by atoms with Crippen LogP contribution in [0, 0.1) is 0 Å². The van der Waals surface area contributed by atoms with Crippen LogP contribution in [0.4, 0.5) is 5.82 Å². The van der Waals surface area contributed by atoms with Crippen LogP contribution in [-0.2, 0) is 9.47 Å². The predicted octanol–water partition coefficient (Wildman–Crippen LogP) is 2.94. The Bertz CT molecular complexity index is 1120. The minimum absolute atomic E-state index is 0.0717.